The Morgan fingerprint density at radius 1 is 0.830 bits per heavy atom. The average Bonchev–Trinajstić information content (AvgIpc) is 3.51. The second-order valence-corrected chi connectivity index (χ2v) is 20.3. The molecule has 302 valence electrons. The van der Waals surface area contributed by atoms with E-state index < -0.39 is 18.6 Å². The summed E-state index contributed by atoms with van der Waals surface area (Å²) < 4.78 is 0. The number of carbonyl (C=O) groups excluding carboxylic acids is 2. The molecule has 0 aliphatic heterocycles. The zero-order chi connectivity index (χ0) is 38.8. The predicted molar refractivity (Wildman–Crippen MR) is 211 cm³/mol. The summed E-state index contributed by atoms with van der Waals surface area (Å²) in [6, 6.07) is -1.26. The number of carbonyl (C=O) groups is 3. The first-order valence-corrected chi connectivity index (χ1v) is 22.1. The van der Waals surface area contributed by atoms with Crippen LogP contribution in [0.1, 0.15) is 137 Å². The number of amides is 2. The molecule has 5 aliphatic rings. The standard InChI is InChI=1S/C43H72N2O7S/c1-28(27-53-25-24-46)29-15-20-43(38(52)44-23-11-9-7-8-10-12-35(49)45-31(26-47)37(50)51)22-21-41(5)30(36(29)43)13-14-33-40(4)18-17-34(48)39(2,3)32(40)16-19-42(33,41)6/h29-34,36,46-48H,1,7-27H2,2-6H3,(H,44,52)(H,45,49)(H,50,51)/t29-,30+,31-,32-,33?,34-,36+,40-,41+,42+,43-/m0/s1. The van der Waals surface area contributed by atoms with Crippen molar-refractivity contribution < 1.29 is 34.8 Å². The lowest BCUT2D eigenvalue weighted by Crippen LogP contribution is -2.67. The number of fused-ring (bicyclic) bond motifs is 7. The third-order valence-corrected chi connectivity index (χ3v) is 17.6. The van der Waals surface area contributed by atoms with E-state index in [0.29, 0.717) is 42.4 Å². The minimum Gasteiger partial charge on any atom is -0.480 e. The highest BCUT2D eigenvalue weighted by atomic mass is 32.2. The smallest absolute Gasteiger partial charge is 0.328 e. The van der Waals surface area contributed by atoms with Crippen molar-refractivity contribution in [1.29, 1.82) is 0 Å². The maximum absolute atomic E-state index is 14.6. The Morgan fingerprint density at radius 3 is 2.25 bits per heavy atom. The van der Waals surface area contributed by atoms with Crippen LogP contribution in [0.3, 0.4) is 0 Å². The number of rotatable bonds is 17. The minimum absolute atomic E-state index is 0.0724. The zero-order valence-corrected chi connectivity index (χ0v) is 34.3. The van der Waals surface area contributed by atoms with Gasteiger partial charge in [0.1, 0.15) is 6.04 Å². The number of aliphatic hydroxyl groups excluding tert-OH is 3. The average molecular weight is 761 g/mol. The molecule has 0 saturated heterocycles. The van der Waals surface area contributed by atoms with Gasteiger partial charge in [-0.3, -0.25) is 9.59 Å². The van der Waals surface area contributed by atoms with Crippen molar-refractivity contribution in [3.05, 3.63) is 12.2 Å². The monoisotopic (exact) mass is 761 g/mol. The summed E-state index contributed by atoms with van der Waals surface area (Å²) in [5, 5.41) is 44.5. The number of thioether (sulfide) groups is 1. The number of nitrogens with one attached hydrogen (secondary N) is 2. The van der Waals surface area contributed by atoms with E-state index in [2.05, 4.69) is 51.8 Å². The lowest BCUT2D eigenvalue weighted by Gasteiger charge is -2.72. The highest BCUT2D eigenvalue weighted by Crippen LogP contribution is 2.77. The van der Waals surface area contributed by atoms with E-state index in [1.165, 1.54) is 24.8 Å². The molecular weight excluding hydrogens is 689 g/mol. The van der Waals surface area contributed by atoms with Gasteiger partial charge in [0.15, 0.2) is 0 Å². The van der Waals surface area contributed by atoms with Crippen LogP contribution in [-0.4, -0.2) is 81.6 Å². The third kappa shape index (κ3) is 7.75. The molecule has 5 fully saturated rings. The number of hydrogen-bond donors (Lipinski definition) is 6. The SMILES string of the molecule is C=C(CSCCO)[C@@H]1CC[C@]2(C(=O)NCCCCCCCC(=O)N[C@@H](CO)C(=O)O)CC[C@]3(C)[C@H](CCC4[C@@]5(C)CC[C@H](O)C(C)(C)[C@@H]5CC[C@]43C)[C@@H]12. The summed E-state index contributed by atoms with van der Waals surface area (Å²) in [6.45, 7) is 17.3. The molecule has 5 aliphatic carbocycles. The maximum atomic E-state index is 14.6. The van der Waals surface area contributed by atoms with Gasteiger partial charge in [0.2, 0.25) is 11.8 Å². The summed E-state index contributed by atoms with van der Waals surface area (Å²) in [5.41, 5.74) is 1.32. The van der Waals surface area contributed by atoms with Gasteiger partial charge in [0.05, 0.1) is 24.7 Å². The molecule has 5 rings (SSSR count). The lowest BCUT2D eigenvalue weighted by atomic mass is 9.32. The van der Waals surface area contributed by atoms with Crippen LogP contribution < -0.4 is 10.6 Å². The highest BCUT2D eigenvalue weighted by Gasteiger charge is 2.72. The summed E-state index contributed by atoms with van der Waals surface area (Å²) in [6.07, 6.45) is 14.9. The van der Waals surface area contributed by atoms with Crippen LogP contribution in [0.15, 0.2) is 12.2 Å². The second kappa shape index (κ2) is 16.9. The Labute approximate surface area is 323 Å². The molecule has 1 unspecified atom stereocenters. The molecule has 0 heterocycles. The molecule has 6 N–H and O–H groups in total. The van der Waals surface area contributed by atoms with Gasteiger partial charge in [-0.2, -0.15) is 11.8 Å². The normalized spacial score (nSPS) is 39.1. The van der Waals surface area contributed by atoms with Crippen molar-refractivity contribution >= 4 is 29.5 Å². The molecule has 2 amide bonds. The molecule has 0 aromatic rings. The van der Waals surface area contributed by atoms with Crippen LogP contribution >= 0.6 is 11.8 Å². The van der Waals surface area contributed by atoms with Gasteiger partial charge in [-0.1, -0.05) is 66.0 Å². The van der Waals surface area contributed by atoms with Crippen LogP contribution in [0.5, 0.6) is 0 Å². The van der Waals surface area contributed by atoms with Crippen LogP contribution in [0.25, 0.3) is 0 Å². The quantitative estimate of drug-likeness (QED) is 0.0705. The first-order chi connectivity index (χ1) is 25.0. The number of hydrogen-bond acceptors (Lipinski definition) is 7. The fourth-order valence-electron chi connectivity index (χ4n) is 13.6. The van der Waals surface area contributed by atoms with Gasteiger partial charge in [-0.05, 0) is 128 Å². The maximum Gasteiger partial charge on any atom is 0.328 e. The Morgan fingerprint density at radius 2 is 1.55 bits per heavy atom. The van der Waals surface area contributed by atoms with Crippen LogP contribution in [0.4, 0.5) is 0 Å². The molecule has 9 nitrogen and oxygen atoms in total. The van der Waals surface area contributed by atoms with E-state index in [0.717, 1.165) is 76.4 Å². The van der Waals surface area contributed by atoms with E-state index in [1.807, 2.05) is 0 Å². The van der Waals surface area contributed by atoms with Gasteiger partial charge in [0, 0.05) is 24.5 Å². The molecule has 5 saturated carbocycles. The van der Waals surface area contributed by atoms with E-state index in [1.54, 1.807) is 11.8 Å². The Hall–Kier alpha value is -1.62. The number of carboxylic acid groups (broad SMARTS) is 1. The van der Waals surface area contributed by atoms with Gasteiger partial charge in [-0.15, -0.1) is 0 Å². The molecule has 0 spiro atoms. The van der Waals surface area contributed by atoms with Crippen molar-refractivity contribution in [1.82, 2.24) is 10.6 Å². The van der Waals surface area contributed by atoms with E-state index in [9.17, 15) is 24.6 Å². The molecule has 0 radical (unpaired) electrons. The topological polar surface area (TPSA) is 156 Å². The molecule has 0 bridgehead atoms. The molecule has 0 aromatic carbocycles. The fourth-order valence-corrected chi connectivity index (χ4v) is 14.3. The number of unbranched alkanes of at least 4 members (excludes halogenated alkanes) is 4. The number of aliphatic hydroxyl groups is 3. The van der Waals surface area contributed by atoms with Crippen molar-refractivity contribution in [2.24, 2.45) is 56.7 Å². The predicted octanol–water partition coefficient (Wildman–Crippen LogP) is 6.73. The van der Waals surface area contributed by atoms with Crippen molar-refractivity contribution in [3.63, 3.8) is 0 Å². The lowest BCUT2D eigenvalue weighted by molar-refractivity contribution is -0.246. The second-order valence-electron chi connectivity index (χ2n) is 19.2. The molecule has 0 aromatic heterocycles. The van der Waals surface area contributed by atoms with Crippen LogP contribution in [0, 0.1) is 56.7 Å². The molecular formula is C43H72N2O7S. The summed E-state index contributed by atoms with van der Waals surface area (Å²) in [7, 11) is 0. The first kappa shape index (κ1) is 42.5. The van der Waals surface area contributed by atoms with E-state index in [-0.39, 0.29) is 63.9 Å². The van der Waals surface area contributed by atoms with Gasteiger partial charge in [-0.25, -0.2) is 4.79 Å². The number of carboxylic acids is 1. The van der Waals surface area contributed by atoms with E-state index >= 15 is 0 Å². The van der Waals surface area contributed by atoms with Crippen LogP contribution in [-0.2, 0) is 14.4 Å². The fraction of sp³-hybridized carbons (Fsp3) is 0.884. The van der Waals surface area contributed by atoms with Gasteiger partial charge in [0.25, 0.3) is 0 Å². The molecule has 11 atom stereocenters. The van der Waals surface area contributed by atoms with E-state index in [4.69, 9.17) is 10.2 Å². The Bertz CT molecular complexity index is 1340. The van der Waals surface area contributed by atoms with Crippen molar-refractivity contribution in [2.75, 3.05) is 31.3 Å². The summed E-state index contributed by atoms with van der Waals surface area (Å²) in [5.74, 6) is 2.36. The largest absolute Gasteiger partial charge is 0.480 e. The van der Waals surface area contributed by atoms with Crippen LogP contribution in [0.2, 0.25) is 0 Å². The molecule has 10 heteroatoms. The first-order valence-electron chi connectivity index (χ1n) is 21.0. The molecule has 53 heavy (non-hydrogen) atoms. The Balaban J connectivity index is 1.25. The number of aliphatic carboxylic acids is 1. The van der Waals surface area contributed by atoms with Gasteiger partial charge < -0.3 is 31.1 Å². The zero-order valence-electron chi connectivity index (χ0n) is 33.5. The highest BCUT2D eigenvalue weighted by molar-refractivity contribution is 7.99. The van der Waals surface area contributed by atoms with Crippen molar-refractivity contribution in [3.8, 4) is 0 Å². The third-order valence-electron chi connectivity index (χ3n) is 16.6. The summed E-state index contributed by atoms with van der Waals surface area (Å²) >= 11 is 1.76. The summed E-state index contributed by atoms with van der Waals surface area (Å²) in [4.78, 5) is 37.7. The van der Waals surface area contributed by atoms with Gasteiger partial charge >= 0.3 is 5.97 Å². The Kier molecular flexibility index (Phi) is 13.5. The minimum atomic E-state index is -1.26. The van der Waals surface area contributed by atoms with Crippen molar-refractivity contribution in [2.45, 2.75) is 149 Å².